The number of morpholine rings is 1. The summed E-state index contributed by atoms with van der Waals surface area (Å²) in [5.74, 6) is 0.127. The van der Waals surface area contributed by atoms with Gasteiger partial charge in [0.15, 0.2) is 0 Å². The van der Waals surface area contributed by atoms with E-state index in [1.807, 2.05) is 30.3 Å². The van der Waals surface area contributed by atoms with Gasteiger partial charge >= 0.3 is 0 Å². The largest absolute Gasteiger partial charge is 0.371 e. The van der Waals surface area contributed by atoms with Crippen LogP contribution in [0.4, 0.5) is 5.69 Å². The second-order valence-electron chi connectivity index (χ2n) is 7.22. The fourth-order valence-electron chi connectivity index (χ4n) is 3.73. The molecule has 0 unspecified atom stereocenters. The first-order chi connectivity index (χ1) is 13.9. The monoisotopic (exact) mass is 436 g/mol. The number of sulfonamides is 2. The molecule has 4 rings (SSSR count). The maximum absolute atomic E-state index is 13.1. The molecular formula is C20H24N2O5S2. The lowest BCUT2D eigenvalue weighted by Gasteiger charge is -2.32. The molecule has 2 aliphatic rings. The molecule has 0 amide bonds. The van der Waals surface area contributed by atoms with Crippen LogP contribution in [0.15, 0.2) is 59.5 Å². The second kappa shape index (κ2) is 8.06. The highest BCUT2D eigenvalue weighted by Crippen LogP contribution is 2.29. The third kappa shape index (κ3) is 4.18. The topological polar surface area (TPSA) is 84.0 Å². The highest BCUT2D eigenvalue weighted by molar-refractivity contribution is 7.92. The van der Waals surface area contributed by atoms with Crippen LogP contribution in [0.1, 0.15) is 24.5 Å². The van der Waals surface area contributed by atoms with Gasteiger partial charge in [0.25, 0.3) is 0 Å². The first-order valence-electron chi connectivity index (χ1n) is 9.65. The van der Waals surface area contributed by atoms with Crippen LogP contribution in [-0.4, -0.2) is 53.1 Å². The Morgan fingerprint density at radius 2 is 1.66 bits per heavy atom. The van der Waals surface area contributed by atoms with E-state index in [1.165, 1.54) is 20.7 Å². The highest BCUT2D eigenvalue weighted by Gasteiger charge is 2.32. The van der Waals surface area contributed by atoms with Crippen molar-refractivity contribution in [1.29, 1.82) is 0 Å². The van der Waals surface area contributed by atoms with E-state index in [2.05, 4.69) is 0 Å². The molecule has 9 heteroatoms. The van der Waals surface area contributed by atoms with E-state index in [-0.39, 0.29) is 29.8 Å². The molecule has 2 heterocycles. The molecular weight excluding hydrogens is 412 g/mol. The van der Waals surface area contributed by atoms with E-state index in [9.17, 15) is 16.8 Å². The third-order valence-electron chi connectivity index (χ3n) is 5.31. The zero-order valence-electron chi connectivity index (χ0n) is 16.0. The van der Waals surface area contributed by atoms with Gasteiger partial charge in [0, 0.05) is 19.6 Å². The van der Waals surface area contributed by atoms with Gasteiger partial charge in [-0.25, -0.2) is 16.8 Å². The van der Waals surface area contributed by atoms with E-state index in [0.29, 0.717) is 25.3 Å². The fraction of sp³-hybridized carbons (Fsp3) is 0.400. The first-order valence-corrected chi connectivity index (χ1v) is 12.7. The van der Waals surface area contributed by atoms with Crippen molar-refractivity contribution in [3.63, 3.8) is 0 Å². The van der Waals surface area contributed by atoms with Crippen molar-refractivity contribution in [3.8, 4) is 0 Å². The van der Waals surface area contributed by atoms with Crippen molar-refractivity contribution in [2.75, 3.05) is 36.3 Å². The molecule has 2 aromatic rings. The van der Waals surface area contributed by atoms with Gasteiger partial charge in [-0.3, -0.25) is 4.31 Å². The summed E-state index contributed by atoms with van der Waals surface area (Å²) in [6.45, 7) is 1.28. The van der Waals surface area contributed by atoms with Crippen molar-refractivity contribution in [3.05, 3.63) is 60.2 Å². The minimum absolute atomic E-state index is 0.127. The molecule has 156 valence electrons. The molecule has 0 aliphatic carbocycles. The lowest BCUT2D eigenvalue weighted by atomic mass is 10.1. The van der Waals surface area contributed by atoms with E-state index in [4.69, 9.17) is 4.74 Å². The van der Waals surface area contributed by atoms with Crippen molar-refractivity contribution in [2.45, 2.75) is 23.8 Å². The molecule has 1 atom stereocenters. The van der Waals surface area contributed by atoms with Crippen LogP contribution in [0.2, 0.25) is 0 Å². The number of anilines is 1. The molecule has 0 N–H and O–H groups in total. The Labute approximate surface area is 172 Å². The molecule has 0 radical (unpaired) electrons. The number of hydrogen-bond acceptors (Lipinski definition) is 5. The summed E-state index contributed by atoms with van der Waals surface area (Å²) in [5.41, 5.74) is 1.45. The van der Waals surface area contributed by atoms with Gasteiger partial charge in [-0.05, 0) is 42.7 Å². The third-order valence-corrected chi connectivity index (χ3v) is 9.06. The van der Waals surface area contributed by atoms with Crippen LogP contribution >= 0.6 is 0 Å². The van der Waals surface area contributed by atoms with Gasteiger partial charge in [-0.15, -0.1) is 0 Å². The molecule has 7 nitrogen and oxygen atoms in total. The summed E-state index contributed by atoms with van der Waals surface area (Å²) < 4.78 is 59.3. The number of ether oxygens (including phenoxy) is 1. The van der Waals surface area contributed by atoms with E-state index >= 15 is 0 Å². The molecule has 29 heavy (non-hydrogen) atoms. The smallest absolute Gasteiger partial charge is 0.243 e. The Morgan fingerprint density at radius 1 is 0.931 bits per heavy atom. The predicted molar refractivity (Wildman–Crippen MR) is 111 cm³/mol. The summed E-state index contributed by atoms with van der Waals surface area (Å²) in [5, 5.41) is 0. The maximum atomic E-state index is 13.1. The SMILES string of the molecule is O=S1(=O)CCCCN1c1ccc(S(=O)(=O)N2CCO[C@H](c3ccccc3)C2)cc1. The van der Waals surface area contributed by atoms with Gasteiger partial charge < -0.3 is 4.74 Å². The van der Waals surface area contributed by atoms with Crippen LogP contribution < -0.4 is 4.31 Å². The summed E-state index contributed by atoms with van der Waals surface area (Å²) in [4.78, 5) is 0.157. The minimum Gasteiger partial charge on any atom is -0.371 e. The number of hydrogen-bond donors (Lipinski definition) is 0. The second-order valence-corrected chi connectivity index (χ2v) is 11.2. The summed E-state index contributed by atoms with van der Waals surface area (Å²) >= 11 is 0. The Bertz CT molecular complexity index is 1050. The normalized spacial score (nSPS) is 23.0. The predicted octanol–water partition coefficient (Wildman–Crippen LogP) is 2.38. The van der Waals surface area contributed by atoms with Crippen LogP contribution in [0, 0.1) is 0 Å². The molecule has 2 aliphatic heterocycles. The van der Waals surface area contributed by atoms with Gasteiger partial charge in [0.1, 0.15) is 0 Å². The van der Waals surface area contributed by atoms with Crippen LogP contribution in [0.3, 0.4) is 0 Å². The zero-order valence-corrected chi connectivity index (χ0v) is 17.6. The van der Waals surface area contributed by atoms with E-state index < -0.39 is 20.0 Å². The highest BCUT2D eigenvalue weighted by atomic mass is 32.2. The van der Waals surface area contributed by atoms with Crippen LogP contribution in [0.5, 0.6) is 0 Å². The van der Waals surface area contributed by atoms with Crippen LogP contribution in [0.25, 0.3) is 0 Å². The number of nitrogens with zero attached hydrogens (tertiary/aromatic N) is 2. The first kappa shape index (κ1) is 20.3. The Hall–Kier alpha value is -1.94. The van der Waals surface area contributed by atoms with Crippen molar-refractivity contribution in [1.82, 2.24) is 4.31 Å². The Morgan fingerprint density at radius 3 is 2.34 bits per heavy atom. The lowest BCUT2D eigenvalue weighted by Crippen LogP contribution is -2.42. The Kier molecular flexibility index (Phi) is 5.65. The van der Waals surface area contributed by atoms with Crippen molar-refractivity contribution < 1.29 is 21.6 Å². The summed E-state index contributed by atoms with van der Waals surface area (Å²) in [7, 11) is -7.02. The number of rotatable bonds is 4. The maximum Gasteiger partial charge on any atom is 0.243 e. The quantitative estimate of drug-likeness (QED) is 0.735. The fourth-order valence-corrected chi connectivity index (χ4v) is 6.79. The molecule has 0 spiro atoms. The summed E-state index contributed by atoms with van der Waals surface area (Å²) in [6, 6.07) is 15.7. The lowest BCUT2D eigenvalue weighted by molar-refractivity contribution is -0.00255. The summed E-state index contributed by atoms with van der Waals surface area (Å²) in [6.07, 6.45) is 1.15. The average Bonchev–Trinajstić information content (AvgIpc) is 2.74. The molecule has 2 fully saturated rings. The van der Waals surface area contributed by atoms with Gasteiger partial charge in [0.05, 0.1) is 29.0 Å². The minimum atomic E-state index is -3.69. The van der Waals surface area contributed by atoms with E-state index in [0.717, 1.165) is 12.0 Å². The van der Waals surface area contributed by atoms with Gasteiger partial charge in [0.2, 0.25) is 20.0 Å². The van der Waals surface area contributed by atoms with E-state index in [1.54, 1.807) is 12.1 Å². The van der Waals surface area contributed by atoms with Crippen molar-refractivity contribution >= 4 is 25.7 Å². The molecule has 0 bridgehead atoms. The molecule has 0 saturated carbocycles. The molecule has 0 aromatic heterocycles. The molecule has 2 aromatic carbocycles. The zero-order chi connectivity index (χ0) is 20.5. The standard InChI is InChI=1S/C20H24N2O5S2/c23-28(24)15-5-4-12-22(28)18-8-10-19(11-9-18)29(25,26)21-13-14-27-20(16-21)17-6-2-1-3-7-17/h1-3,6-11,20H,4-5,12-16H2/t20-/m0/s1. The van der Waals surface area contributed by atoms with Gasteiger partial charge in [-0.2, -0.15) is 4.31 Å². The molecule has 2 saturated heterocycles. The van der Waals surface area contributed by atoms with Crippen molar-refractivity contribution in [2.24, 2.45) is 0 Å². The van der Waals surface area contributed by atoms with Crippen LogP contribution in [-0.2, 0) is 24.8 Å². The number of benzene rings is 2. The Balaban J connectivity index is 1.54. The average molecular weight is 437 g/mol. The van der Waals surface area contributed by atoms with Gasteiger partial charge in [-0.1, -0.05) is 30.3 Å².